The molecule has 0 aliphatic rings. The lowest BCUT2D eigenvalue weighted by Crippen LogP contribution is -2.15. The van der Waals surface area contributed by atoms with E-state index < -0.39 is 26.0 Å². The Labute approximate surface area is 233 Å². The number of nitrogens with one attached hydrogen (secondary N) is 3. The molecule has 0 aliphatic heterocycles. The van der Waals surface area contributed by atoms with Crippen LogP contribution in [0.3, 0.4) is 0 Å². The van der Waals surface area contributed by atoms with Crippen molar-refractivity contribution in [3.63, 3.8) is 0 Å². The minimum atomic E-state index is -3.84. The van der Waals surface area contributed by atoms with Crippen LogP contribution in [0.15, 0.2) is 94.7 Å². The van der Waals surface area contributed by atoms with Crippen molar-refractivity contribution in [2.24, 2.45) is 0 Å². The van der Waals surface area contributed by atoms with E-state index in [-0.39, 0.29) is 26.1 Å². The minimum Gasteiger partial charge on any atom is -0.322 e. The number of sulfonamides is 2. The van der Waals surface area contributed by atoms with Gasteiger partial charge in [0, 0.05) is 5.69 Å². The zero-order valence-corrected chi connectivity index (χ0v) is 23.7. The highest BCUT2D eigenvalue weighted by Crippen LogP contribution is 2.26. The lowest BCUT2D eigenvalue weighted by atomic mass is 10.1. The first-order valence-electron chi connectivity index (χ1n) is 11.7. The van der Waals surface area contributed by atoms with Gasteiger partial charge in [-0.1, -0.05) is 41.4 Å². The van der Waals surface area contributed by atoms with E-state index in [2.05, 4.69) is 14.8 Å². The van der Waals surface area contributed by atoms with Crippen molar-refractivity contribution in [1.82, 2.24) is 0 Å². The molecule has 4 aromatic rings. The van der Waals surface area contributed by atoms with Crippen LogP contribution in [-0.4, -0.2) is 22.7 Å². The summed E-state index contributed by atoms with van der Waals surface area (Å²) in [5.74, 6) is -0.544. The second-order valence-electron chi connectivity index (χ2n) is 9.02. The molecular formula is C28H26ClN3O5S2. The number of carbonyl (C=O) groups is 1. The Morgan fingerprint density at radius 2 is 1.18 bits per heavy atom. The molecule has 0 aromatic heterocycles. The van der Waals surface area contributed by atoms with Gasteiger partial charge in [0.2, 0.25) is 0 Å². The zero-order chi connectivity index (χ0) is 28.4. The normalized spacial score (nSPS) is 11.6. The second kappa shape index (κ2) is 11.1. The molecule has 3 N–H and O–H groups in total. The summed E-state index contributed by atoms with van der Waals surface area (Å²) >= 11 is 6.29. The maximum absolute atomic E-state index is 12.8. The lowest BCUT2D eigenvalue weighted by molar-refractivity contribution is 0.102. The molecule has 39 heavy (non-hydrogen) atoms. The van der Waals surface area contributed by atoms with Crippen LogP contribution in [0, 0.1) is 20.8 Å². The van der Waals surface area contributed by atoms with Crippen LogP contribution in [0.5, 0.6) is 0 Å². The van der Waals surface area contributed by atoms with Gasteiger partial charge in [-0.2, -0.15) is 0 Å². The number of aryl methyl sites for hydroxylation is 3. The molecule has 0 radical (unpaired) electrons. The number of hydrogen-bond donors (Lipinski definition) is 3. The highest BCUT2D eigenvalue weighted by Gasteiger charge is 2.18. The molecule has 8 nitrogen and oxygen atoms in total. The van der Waals surface area contributed by atoms with E-state index in [4.69, 9.17) is 11.6 Å². The Morgan fingerprint density at radius 1 is 0.641 bits per heavy atom. The SMILES string of the molecule is Cc1ccc(S(=O)(=O)Nc2ccc(C(=O)Nc3ccc(S(=O)(=O)Nc4cc(C)ccc4C)cc3)c(Cl)c2)cc1. The van der Waals surface area contributed by atoms with Gasteiger partial charge < -0.3 is 5.32 Å². The molecule has 1 amide bonds. The Hall–Kier alpha value is -3.86. The van der Waals surface area contributed by atoms with Gasteiger partial charge in [-0.25, -0.2) is 16.8 Å². The molecule has 11 heteroatoms. The molecule has 4 rings (SSSR count). The molecule has 4 aromatic carbocycles. The quantitative estimate of drug-likeness (QED) is 0.231. The van der Waals surface area contributed by atoms with Gasteiger partial charge in [0.05, 0.1) is 31.8 Å². The summed E-state index contributed by atoms with van der Waals surface area (Å²) in [4.78, 5) is 12.9. The van der Waals surface area contributed by atoms with Crippen molar-refractivity contribution in [3.8, 4) is 0 Å². The van der Waals surface area contributed by atoms with E-state index in [9.17, 15) is 21.6 Å². The van der Waals surface area contributed by atoms with Crippen molar-refractivity contribution < 1.29 is 21.6 Å². The molecule has 0 saturated heterocycles. The molecule has 0 saturated carbocycles. The predicted octanol–water partition coefficient (Wildman–Crippen LogP) is 6.12. The van der Waals surface area contributed by atoms with E-state index in [1.165, 1.54) is 54.6 Å². The smallest absolute Gasteiger partial charge is 0.261 e. The van der Waals surface area contributed by atoms with Gasteiger partial charge in [0.1, 0.15) is 0 Å². The first-order valence-corrected chi connectivity index (χ1v) is 15.1. The average Bonchev–Trinajstić information content (AvgIpc) is 2.86. The summed E-state index contributed by atoms with van der Waals surface area (Å²) in [6.45, 7) is 5.54. The molecule has 0 bridgehead atoms. The van der Waals surface area contributed by atoms with Crippen molar-refractivity contribution in [2.75, 3.05) is 14.8 Å². The van der Waals surface area contributed by atoms with E-state index in [0.717, 1.165) is 16.7 Å². The van der Waals surface area contributed by atoms with Crippen molar-refractivity contribution in [2.45, 2.75) is 30.6 Å². The van der Waals surface area contributed by atoms with E-state index in [0.29, 0.717) is 11.4 Å². The second-order valence-corrected chi connectivity index (χ2v) is 12.8. The molecule has 0 atom stereocenters. The van der Waals surface area contributed by atoms with Gasteiger partial charge in [0.25, 0.3) is 26.0 Å². The molecular weight excluding hydrogens is 558 g/mol. The van der Waals surface area contributed by atoms with Crippen molar-refractivity contribution in [1.29, 1.82) is 0 Å². The van der Waals surface area contributed by atoms with Gasteiger partial charge in [-0.3, -0.25) is 14.2 Å². The third-order valence-corrected chi connectivity index (χ3v) is 8.95. The maximum atomic E-state index is 12.8. The number of halogens is 1. The Morgan fingerprint density at radius 3 is 1.79 bits per heavy atom. The molecule has 202 valence electrons. The number of rotatable bonds is 8. The summed E-state index contributed by atoms with van der Waals surface area (Å²) in [6.07, 6.45) is 0. The number of amides is 1. The Bertz CT molecular complexity index is 1750. The van der Waals surface area contributed by atoms with Crippen LogP contribution in [0.25, 0.3) is 0 Å². The van der Waals surface area contributed by atoms with Gasteiger partial charge >= 0.3 is 0 Å². The molecule has 0 aliphatic carbocycles. The van der Waals surface area contributed by atoms with Crippen molar-refractivity contribution in [3.05, 3.63) is 112 Å². The first kappa shape index (κ1) is 28.2. The molecule has 0 heterocycles. The fourth-order valence-corrected chi connectivity index (χ4v) is 6.10. The lowest BCUT2D eigenvalue weighted by Gasteiger charge is -2.13. The summed E-state index contributed by atoms with van der Waals surface area (Å²) in [6, 6.07) is 21.7. The van der Waals surface area contributed by atoms with Crippen LogP contribution >= 0.6 is 11.6 Å². The standard InChI is InChI=1S/C28H26ClN3O5S2/c1-18-5-11-23(12-6-18)38(34,35)31-22-10-15-25(26(29)17-22)28(33)30-21-8-13-24(14-9-21)39(36,37)32-27-16-19(2)4-7-20(27)3/h4-17,31-32H,1-3H3,(H,30,33). The topological polar surface area (TPSA) is 121 Å². The predicted molar refractivity (Wildman–Crippen MR) is 155 cm³/mol. The summed E-state index contributed by atoms with van der Waals surface area (Å²) in [5.41, 5.74) is 3.80. The van der Waals surface area contributed by atoms with Crippen LogP contribution in [0.4, 0.5) is 17.1 Å². The number of hydrogen-bond acceptors (Lipinski definition) is 5. The van der Waals surface area contributed by atoms with Gasteiger partial charge in [0.15, 0.2) is 0 Å². The van der Waals surface area contributed by atoms with E-state index >= 15 is 0 Å². The first-order chi connectivity index (χ1) is 18.3. The summed E-state index contributed by atoms with van der Waals surface area (Å²) in [5, 5.41) is 2.70. The minimum absolute atomic E-state index is 0.0321. The van der Waals surface area contributed by atoms with Crippen LogP contribution in [-0.2, 0) is 20.0 Å². The van der Waals surface area contributed by atoms with Gasteiger partial charge in [-0.15, -0.1) is 0 Å². The van der Waals surface area contributed by atoms with Gasteiger partial charge in [-0.05, 0) is 92.6 Å². The summed E-state index contributed by atoms with van der Waals surface area (Å²) in [7, 11) is -7.67. The monoisotopic (exact) mass is 583 g/mol. The zero-order valence-electron chi connectivity index (χ0n) is 21.3. The highest BCUT2D eigenvalue weighted by molar-refractivity contribution is 7.93. The van der Waals surface area contributed by atoms with Crippen molar-refractivity contribution >= 4 is 54.6 Å². The Kier molecular flexibility index (Phi) is 8.01. The van der Waals surface area contributed by atoms with E-state index in [1.54, 1.807) is 18.2 Å². The maximum Gasteiger partial charge on any atom is 0.261 e. The third-order valence-electron chi connectivity index (χ3n) is 5.86. The Balaban J connectivity index is 1.45. The third kappa shape index (κ3) is 6.78. The number of benzene rings is 4. The average molecular weight is 584 g/mol. The van der Waals surface area contributed by atoms with Crippen LogP contribution in [0.2, 0.25) is 5.02 Å². The van der Waals surface area contributed by atoms with Crippen LogP contribution < -0.4 is 14.8 Å². The fourth-order valence-electron chi connectivity index (χ4n) is 3.66. The number of carbonyl (C=O) groups excluding carboxylic acids is 1. The highest BCUT2D eigenvalue weighted by atomic mass is 35.5. The largest absolute Gasteiger partial charge is 0.322 e. The van der Waals surface area contributed by atoms with E-state index in [1.807, 2.05) is 32.9 Å². The molecule has 0 spiro atoms. The van der Waals surface area contributed by atoms with Crippen LogP contribution in [0.1, 0.15) is 27.0 Å². The fraction of sp³-hybridized carbons (Fsp3) is 0.107. The number of anilines is 3. The molecule has 0 unspecified atom stereocenters. The summed E-state index contributed by atoms with van der Waals surface area (Å²) < 4.78 is 56.0. The molecule has 0 fully saturated rings.